The van der Waals surface area contributed by atoms with E-state index in [0.717, 1.165) is 0 Å². The number of hydrogen-bond acceptors (Lipinski definition) is 6. The highest BCUT2D eigenvalue weighted by Gasteiger charge is 2.27. The number of hydrogen-bond donors (Lipinski definition) is 2. The van der Waals surface area contributed by atoms with Gasteiger partial charge in [0.1, 0.15) is 14.7 Å². The number of pyridine rings is 1. The van der Waals surface area contributed by atoms with Gasteiger partial charge >= 0.3 is 0 Å². The van der Waals surface area contributed by atoms with Crippen molar-refractivity contribution in [2.75, 3.05) is 11.5 Å². The Kier molecular flexibility index (Phi) is 4.43. The predicted molar refractivity (Wildman–Crippen MR) is 74.1 cm³/mol. The number of nitrogens with two attached hydrogens (primary N) is 1. The first-order chi connectivity index (χ1) is 9.32. The topological polar surface area (TPSA) is 119 Å². The van der Waals surface area contributed by atoms with E-state index in [4.69, 9.17) is 5.73 Å². The Morgan fingerprint density at radius 3 is 2.45 bits per heavy atom. The summed E-state index contributed by atoms with van der Waals surface area (Å²) in [7, 11) is -6.68. The minimum absolute atomic E-state index is 0.0184. The van der Waals surface area contributed by atoms with E-state index in [0.29, 0.717) is 18.5 Å². The average molecular weight is 319 g/mol. The van der Waals surface area contributed by atoms with Gasteiger partial charge in [-0.15, -0.1) is 0 Å². The number of nitrogens with zero attached hydrogens (tertiary/aromatic N) is 1. The Balaban J connectivity index is 2.07. The predicted octanol–water partition coefficient (Wildman–Crippen LogP) is -0.604. The first-order valence-electron chi connectivity index (χ1n) is 6.20. The number of aromatic nitrogens is 1. The van der Waals surface area contributed by atoms with Crippen molar-refractivity contribution in [1.82, 2.24) is 9.71 Å². The van der Waals surface area contributed by atoms with Crippen LogP contribution in [0.15, 0.2) is 23.2 Å². The summed E-state index contributed by atoms with van der Waals surface area (Å²) in [6.45, 7) is 0.244. The number of sulfone groups is 1. The summed E-state index contributed by atoms with van der Waals surface area (Å²) in [5.41, 5.74) is 6.00. The summed E-state index contributed by atoms with van der Waals surface area (Å²) in [6, 6.07) is 2.65. The summed E-state index contributed by atoms with van der Waals surface area (Å²) >= 11 is 0. The molecule has 2 rings (SSSR count). The molecular weight excluding hydrogens is 302 g/mol. The molecule has 1 aromatic heterocycles. The largest absolute Gasteiger partial charge is 0.325 e. The molecule has 1 aliphatic heterocycles. The molecule has 1 saturated heterocycles. The van der Waals surface area contributed by atoms with Crippen LogP contribution in [0, 0.1) is 0 Å². The van der Waals surface area contributed by atoms with Crippen molar-refractivity contribution in [2.24, 2.45) is 5.73 Å². The minimum Gasteiger partial charge on any atom is -0.325 e. The third kappa shape index (κ3) is 3.75. The minimum atomic E-state index is -3.67. The molecule has 0 amide bonds. The Morgan fingerprint density at radius 2 is 1.95 bits per heavy atom. The lowest BCUT2D eigenvalue weighted by Gasteiger charge is -2.22. The van der Waals surface area contributed by atoms with Gasteiger partial charge in [0, 0.05) is 18.8 Å². The molecule has 1 fully saturated rings. The third-order valence-corrected chi connectivity index (χ3v) is 6.41. The van der Waals surface area contributed by atoms with Crippen LogP contribution >= 0.6 is 0 Å². The lowest BCUT2D eigenvalue weighted by atomic mass is 10.2. The van der Waals surface area contributed by atoms with Crippen LogP contribution in [0.25, 0.3) is 0 Å². The van der Waals surface area contributed by atoms with Crippen LogP contribution in [0.3, 0.4) is 0 Å². The second kappa shape index (κ2) is 5.76. The first kappa shape index (κ1) is 15.4. The van der Waals surface area contributed by atoms with E-state index in [1.165, 1.54) is 12.3 Å². The van der Waals surface area contributed by atoms with Crippen molar-refractivity contribution in [1.29, 1.82) is 0 Å². The molecule has 0 aliphatic carbocycles. The summed E-state index contributed by atoms with van der Waals surface area (Å²) in [5, 5.41) is 0. The van der Waals surface area contributed by atoms with E-state index in [2.05, 4.69) is 9.71 Å². The smallest absolute Gasteiger partial charge is 0.242 e. The van der Waals surface area contributed by atoms with Gasteiger partial charge in [-0.25, -0.2) is 21.6 Å². The zero-order valence-corrected chi connectivity index (χ0v) is 12.5. The monoisotopic (exact) mass is 319 g/mol. The fourth-order valence-electron chi connectivity index (χ4n) is 1.99. The zero-order valence-electron chi connectivity index (χ0n) is 10.8. The normalized spacial score (nSPS) is 19.9. The van der Waals surface area contributed by atoms with E-state index >= 15 is 0 Å². The van der Waals surface area contributed by atoms with Crippen molar-refractivity contribution < 1.29 is 16.8 Å². The van der Waals surface area contributed by atoms with Crippen molar-refractivity contribution in [3.8, 4) is 0 Å². The quantitative estimate of drug-likeness (QED) is 0.764. The Morgan fingerprint density at radius 1 is 1.30 bits per heavy atom. The standard InChI is InChI=1S/C11H17N3O4S2/c12-7-10-1-2-11(8-13-10)20(17,18)14-9-3-5-19(15,16)6-4-9/h1-2,8-9,14H,3-7,12H2. The average Bonchev–Trinajstić information content (AvgIpc) is 2.41. The second-order valence-corrected chi connectivity index (χ2v) is 8.75. The highest BCUT2D eigenvalue weighted by Crippen LogP contribution is 2.16. The molecule has 0 aromatic carbocycles. The van der Waals surface area contributed by atoms with E-state index < -0.39 is 19.9 Å². The highest BCUT2D eigenvalue weighted by molar-refractivity contribution is 7.91. The van der Waals surface area contributed by atoms with Crippen molar-refractivity contribution in [3.63, 3.8) is 0 Å². The van der Waals surface area contributed by atoms with Crippen LogP contribution in [0.2, 0.25) is 0 Å². The molecule has 1 aromatic rings. The van der Waals surface area contributed by atoms with Gasteiger partial charge in [-0.3, -0.25) is 4.98 Å². The van der Waals surface area contributed by atoms with E-state index in [1.807, 2.05) is 0 Å². The molecule has 2 heterocycles. The number of nitrogens with one attached hydrogen (secondary N) is 1. The first-order valence-corrected chi connectivity index (χ1v) is 9.50. The van der Waals surface area contributed by atoms with Crippen LogP contribution in [-0.4, -0.2) is 39.4 Å². The maximum Gasteiger partial charge on any atom is 0.242 e. The third-order valence-electron chi connectivity index (χ3n) is 3.19. The number of rotatable bonds is 4. The fraction of sp³-hybridized carbons (Fsp3) is 0.545. The molecule has 0 atom stereocenters. The van der Waals surface area contributed by atoms with Gasteiger partial charge < -0.3 is 5.73 Å². The van der Waals surface area contributed by atoms with Gasteiger partial charge in [0.2, 0.25) is 10.0 Å². The lowest BCUT2D eigenvalue weighted by molar-refractivity contribution is 0.505. The highest BCUT2D eigenvalue weighted by atomic mass is 32.2. The van der Waals surface area contributed by atoms with Crippen LogP contribution in [0.5, 0.6) is 0 Å². The Bertz CT molecular complexity index is 654. The van der Waals surface area contributed by atoms with Gasteiger partial charge in [-0.05, 0) is 25.0 Å². The van der Waals surface area contributed by atoms with Gasteiger partial charge in [0.05, 0.1) is 17.2 Å². The van der Waals surface area contributed by atoms with Gasteiger partial charge in [-0.2, -0.15) is 0 Å². The van der Waals surface area contributed by atoms with E-state index in [1.54, 1.807) is 6.07 Å². The molecule has 0 bridgehead atoms. The molecule has 7 nitrogen and oxygen atoms in total. The van der Waals surface area contributed by atoms with Crippen LogP contribution < -0.4 is 10.5 Å². The Hall–Kier alpha value is -1.03. The van der Waals surface area contributed by atoms with E-state index in [-0.39, 0.29) is 29.0 Å². The molecule has 9 heteroatoms. The van der Waals surface area contributed by atoms with Crippen molar-refractivity contribution in [3.05, 3.63) is 24.0 Å². The van der Waals surface area contributed by atoms with Gasteiger partial charge in [0.25, 0.3) is 0 Å². The maximum absolute atomic E-state index is 12.1. The fourth-order valence-corrected chi connectivity index (χ4v) is 4.73. The molecular formula is C11H17N3O4S2. The molecule has 20 heavy (non-hydrogen) atoms. The molecule has 1 aliphatic rings. The van der Waals surface area contributed by atoms with Crippen LogP contribution in [-0.2, 0) is 26.4 Å². The van der Waals surface area contributed by atoms with Crippen LogP contribution in [0.1, 0.15) is 18.5 Å². The van der Waals surface area contributed by atoms with Gasteiger partial charge in [0.15, 0.2) is 0 Å². The molecule has 112 valence electrons. The molecule has 0 saturated carbocycles. The van der Waals surface area contributed by atoms with Crippen LogP contribution in [0.4, 0.5) is 0 Å². The summed E-state index contributed by atoms with van der Waals surface area (Å²) in [5.74, 6) is 0.0368. The SMILES string of the molecule is NCc1ccc(S(=O)(=O)NC2CCS(=O)(=O)CC2)cn1. The molecule has 0 radical (unpaired) electrons. The molecule has 3 N–H and O–H groups in total. The zero-order chi connectivity index (χ0) is 14.8. The Labute approximate surface area is 118 Å². The van der Waals surface area contributed by atoms with Crippen molar-refractivity contribution >= 4 is 19.9 Å². The maximum atomic E-state index is 12.1. The summed E-state index contributed by atoms with van der Waals surface area (Å²) in [4.78, 5) is 4.00. The summed E-state index contributed by atoms with van der Waals surface area (Å²) < 4.78 is 49.4. The number of sulfonamides is 1. The van der Waals surface area contributed by atoms with Gasteiger partial charge in [-0.1, -0.05) is 0 Å². The van der Waals surface area contributed by atoms with Crippen molar-refractivity contribution in [2.45, 2.75) is 30.3 Å². The summed E-state index contributed by atoms with van der Waals surface area (Å²) in [6.07, 6.45) is 1.86. The second-order valence-electron chi connectivity index (χ2n) is 4.74. The molecule has 0 spiro atoms. The molecule has 0 unspecified atom stereocenters. The van der Waals surface area contributed by atoms with E-state index in [9.17, 15) is 16.8 Å². The lowest BCUT2D eigenvalue weighted by Crippen LogP contribution is -2.40.